The van der Waals surface area contributed by atoms with Crippen LogP contribution in [0.3, 0.4) is 0 Å². The summed E-state index contributed by atoms with van der Waals surface area (Å²) in [7, 11) is 0. The Bertz CT molecular complexity index is 181. The summed E-state index contributed by atoms with van der Waals surface area (Å²) in [6, 6.07) is -1.41. The number of alkyl halides is 3. The maximum absolute atomic E-state index is 12.4. The summed E-state index contributed by atoms with van der Waals surface area (Å²) in [5.74, 6) is 2.34. The van der Waals surface area contributed by atoms with Crippen LogP contribution in [0.15, 0.2) is 0 Å². The molecule has 0 aliphatic carbocycles. The summed E-state index contributed by atoms with van der Waals surface area (Å²) in [6.07, 6.45) is 2.39. The van der Waals surface area contributed by atoms with Crippen molar-refractivity contribution in [1.82, 2.24) is 5.32 Å². The molecule has 0 aromatic rings. The van der Waals surface area contributed by atoms with E-state index in [0.717, 1.165) is 0 Å². The largest absolute Gasteiger partial charge is 0.403 e. The number of hydrogen-bond donors (Lipinski definition) is 1. The maximum Gasteiger partial charge on any atom is 0.403 e. The lowest BCUT2D eigenvalue weighted by molar-refractivity contribution is -0.157. The van der Waals surface area contributed by atoms with E-state index in [1.165, 1.54) is 0 Å². The van der Waals surface area contributed by atoms with E-state index in [-0.39, 0.29) is 6.42 Å². The van der Waals surface area contributed by atoms with Gasteiger partial charge in [0, 0.05) is 6.42 Å². The summed E-state index contributed by atoms with van der Waals surface area (Å²) in [6.45, 7) is 2.22. The molecule has 0 aromatic heterocycles. The standard InChI is InChI=1S/C10H16F3N/c1-3-5-6-7-9(10(11,12)13)14-8-4-2/h1,9,14H,4-8H2,2H3. The monoisotopic (exact) mass is 207 g/mol. The number of halogens is 3. The first kappa shape index (κ1) is 13.3. The highest BCUT2D eigenvalue weighted by atomic mass is 19.4. The first-order chi connectivity index (χ1) is 6.52. The van der Waals surface area contributed by atoms with Crippen LogP contribution in [0, 0.1) is 12.3 Å². The summed E-state index contributed by atoms with van der Waals surface area (Å²) in [5, 5.41) is 2.47. The smallest absolute Gasteiger partial charge is 0.306 e. The molecule has 0 spiro atoms. The molecule has 1 atom stereocenters. The van der Waals surface area contributed by atoms with E-state index in [1.807, 2.05) is 6.92 Å². The lowest BCUT2D eigenvalue weighted by atomic mass is 10.1. The summed E-state index contributed by atoms with van der Waals surface area (Å²) in [5.41, 5.74) is 0. The zero-order valence-electron chi connectivity index (χ0n) is 8.32. The second-order valence-corrected chi connectivity index (χ2v) is 3.14. The van der Waals surface area contributed by atoms with Gasteiger partial charge in [0.05, 0.1) is 0 Å². The molecule has 14 heavy (non-hydrogen) atoms. The van der Waals surface area contributed by atoms with Gasteiger partial charge in [0.1, 0.15) is 6.04 Å². The van der Waals surface area contributed by atoms with Crippen molar-refractivity contribution in [2.75, 3.05) is 6.54 Å². The number of terminal acetylenes is 1. The summed E-state index contributed by atoms with van der Waals surface area (Å²) in [4.78, 5) is 0. The van der Waals surface area contributed by atoms with E-state index >= 15 is 0 Å². The average Bonchev–Trinajstić information content (AvgIpc) is 2.09. The highest BCUT2D eigenvalue weighted by molar-refractivity contribution is 4.85. The molecule has 0 bridgehead atoms. The van der Waals surface area contributed by atoms with Crippen LogP contribution in [0.5, 0.6) is 0 Å². The summed E-state index contributed by atoms with van der Waals surface area (Å²) >= 11 is 0. The third-order valence-corrected chi connectivity index (χ3v) is 1.85. The second-order valence-electron chi connectivity index (χ2n) is 3.14. The molecule has 0 amide bonds. The van der Waals surface area contributed by atoms with E-state index in [1.54, 1.807) is 0 Å². The lowest BCUT2D eigenvalue weighted by Gasteiger charge is -2.20. The Morgan fingerprint density at radius 3 is 2.50 bits per heavy atom. The normalized spacial score (nSPS) is 13.6. The van der Waals surface area contributed by atoms with E-state index in [0.29, 0.717) is 25.8 Å². The topological polar surface area (TPSA) is 12.0 Å². The SMILES string of the molecule is C#CCCCC(NCCC)C(F)(F)F. The van der Waals surface area contributed by atoms with Crippen LogP contribution in [0.1, 0.15) is 32.6 Å². The fourth-order valence-electron chi connectivity index (χ4n) is 1.11. The molecule has 4 heteroatoms. The molecule has 0 fully saturated rings. The number of rotatable bonds is 6. The van der Waals surface area contributed by atoms with Crippen LogP contribution in [0.25, 0.3) is 0 Å². The minimum absolute atomic E-state index is 0.0632. The van der Waals surface area contributed by atoms with Crippen molar-refractivity contribution in [3.8, 4) is 12.3 Å². The molecule has 1 N–H and O–H groups in total. The van der Waals surface area contributed by atoms with E-state index in [4.69, 9.17) is 6.42 Å². The maximum atomic E-state index is 12.4. The first-order valence-corrected chi connectivity index (χ1v) is 4.76. The molecule has 0 aromatic carbocycles. The average molecular weight is 207 g/mol. The Balaban J connectivity index is 3.93. The molecule has 1 unspecified atom stereocenters. The van der Waals surface area contributed by atoms with Gasteiger partial charge in [-0.3, -0.25) is 0 Å². The molecule has 0 rings (SSSR count). The van der Waals surface area contributed by atoms with Gasteiger partial charge >= 0.3 is 6.18 Å². The van der Waals surface area contributed by atoms with Crippen LogP contribution in [-0.2, 0) is 0 Å². The van der Waals surface area contributed by atoms with E-state index in [2.05, 4.69) is 11.2 Å². The third-order valence-electron chi connectivity index (χ3n) is 1.85. The van der Waals surface area contributed by atoms with Gasteiger partial charge < -0.3 is 5.32 Å². The van der Waals surface area contributed by atoms with Crippen molar-refractivity contribution in [3.05, 3.63) is 0 Å². The number of hydrogen-bond acceptors (Lipinski definition) is 1. The van der Waals surface area contributed by atoms with Gasteiger partial charge in [-0.15, -0.1) is 12.3 Å². The van der Waals surface area contributed by atoms with Gasteiger partial charge in [-0.25, -0.2) is 0 Å². The third kappa shape index (κ3) is 5.87. The Hall–Kier alpha value is -0.690. The van der Waals surface area contributed by atoms with Gasteiger partial charge in [-0.1, -0.05) is 6.92 Å². The van der Waals surface area contributed by atoms with Gasteiger partial charge in [0.15, 0.2) is 0 Å². The highest BCUT2D eigenvalue weighted by Crippen LogP contribution is 2.23. The highest BCUT2D eigenvalue weighted by Gasteiger charge is 2.38. The Labute approximate surface area is 83.1 Å². The Morgan fingerprint density at radius 1 is 1.43 bits per heavy atom. The van der Waals surface area contributed by atoms with Crippen molar-refractivity contribution in [2.24, 2.45) is 0 Å². The van der Waals surface area contributed by atoms with Gasteiger partial charge in [0.2, 0.25) is 0 Å². The van der Waals surface area contributed by atoms with Crippen LogP contribution >= 0.6 is 0 Å². The van der Waals surface area contributed by atoms with Gasteiger partial charge in [0.25, 0.3) is 0 Å². The number of nitrogens with one attached hydrogen (secondary N) is 1. The van der Waals surface area contributed by atoms with E-state index in [9.17, 15) is 13.2 Å². The van der Waals surface area contributed by atoms with Crippen LogP contribution in [0.2, 0.25) is 0 Å². The molecule has 0 aliphatic rings. The molecule has 0 aliphatic heterocycles. The lowest BCUT2D eigenvalue weighted by Crippen LogP contribution is -2.42. The predicted molar refractivity (Wildman–Crippen MR) is 50.8 cm³/mol. The molecule has 0 radical (unpaired) electrons. The zero-order valence-corrected chi connectivity index (χ0v) is 8.32. The van der Waals surface area contributed by atoms with Gasteiger partial charge in [-0.05, 0) is 25.8 Å². The van der Waals surface area contributed by atoms with Crippen molar-refractivity contribution in [3.63, 3.8) is 0 Å². The fourth-order valence-corrected chi connectivity index (χ4v) is 1.11. The van der Waals surface area contributed by atoms with Crippen LogP contribution in [0.4, 0.5) is 13.2 Å². The van der Waals surface area contributed by atoms with E-state index < -0.39 is 12.2 Å². The predicted octanol–water partition coefficient (Wildman–Crippen LogP) is 2.72. The van der Waals surface area contributed by atoms with Crippen molar-refractivity contribution in [2.45, 2.75) is 44.8 Å². The van der Waals surface area contributed by atoms with Crippen molar-refractivity contribution in [1.29, 1.82) is 0 Å². The minimum Gasteiger partial charge on any atom is -0.306 e. The quantitative estimate of drug-likeness (QED) is 0.521. The van der Waals surface area contributed by atoms with Gasteiger partial charge in [-0.2, -0.15) is 13.2 Å². The Kier molecular flexibility index (Phi) is 6.39. The van der Waals surface area contributed by atoms with Crippen LogP contribution < -0.4 is 5.32 Å². The zero-order chi connectivity index (χ0) is 11.0. The summed E-state index contributed by atoms with van der Waals surface area (Å²) < 4.78 is 37.1. The molecule has 82 valence electrons. The molecule has 1 nitrogen and oxygen atoms in total. The molecule has 0 saturated carbocycles. The molecular formula is C10H16F3N. The van der Waals surface area contributed by atoms with Crippen LogP contribution in [-0.4, -0.2) is 18.8 Å². The molecular weight excluding hydrogens is 191 g/mol. The molecule has 0 saturated heterocycles. The van der Waals surface area contributed by atoms with Crippen molar-refractivity contribution < 1.29 is 13.2 Å². The molecule has 0 heterocycles. The van der Waals surface area contributed by atoms with Crippen molar-refractivity contribution >= 4 is 0 Å². The minimum atomic E-state index is -4.16. The Morgan fingerprint density at radius 2 is 2.07 bits per heavy atom. The first-order valence-electron chi connectivity index (χ1n) is 4.76. The number of unbranched alkanes of at least 4 members (excludes halogenated alkanes) is 1. The fraction of sp³-hybridized carbons (Fsp3) is 0.800. The second kappa shape index (κ2) is 6.72.